The number of hydrogen-bond donors (Lipinski definition) is 1. The van der Waals surface area contributed by atoms with E-state index in [2.05, 4.69) is 4.98 Å². The van der Waals surface area contributed by atoms with Gasteiger partial charge in [-0.15, -0.1) is 0 Å². The number of H-pyrrole nitrogens is 1. The second kappa shape index (κ2) is 3.63. The van der Waals surface area contributed by atoms with Gasteiger partial charge in [0.2, 0.25) is 0 Å². The molecule has 3 nitrogen and oxygen atoms in total. The van der Waals surface area contributed by atoms with Gasteiger partial charge in [-0.1, -0.05) is 12.1 Å². The monoisotopic (exact) mass is 225 g/mol. The number of benzene rings is 1. The summed E-state index contributed by atoms with van der Waals surface area (Å²) < 4.78 is 4.94. The van der Waals surface area contributed by atoms with Crippen molar-refractivity contribution in [2.24, 2.45) is 0 Å². The van der Waals surface area contributed by atoms with Crippen LogP contribution < -0.4 is 0 Å². The number of furan rings is 1. The minimum Gasteiger partial charge on any atom is -0.472 e. The van der Waals surface area contributed by atoms with Crippen molar-refractivity contribution in [3.8, 4) is 0 Å². The molecular weight excluding hydrogens is 214 g/mol. The van der Waals surface area contributed by atoms with Gasteiger partial charge >= 0.3 is 0 Å². The van der Waals surface area contributed by atoms with Crippen molar-refractivity contribution >= 4 is 16.7 Å². The van der Waals surface area contributed by atoms with Gasteiger partial charge in [0.25, 0.3) is 0 Å². The van der Waals surface area contributed by atoms with Crippen LogP contribution in [-0.4, -0.2) is 10.8 Å². The van der Waals surface area contributed by atoms with Crippen LogP contribution in [-0.2, 0) is 0 Å². The Hall–Kier alpha value is -2.29. The third kappa shape index (κ3) is 1.47. The van der Waals surface area contributed by atoms with Crippen LogP contribution in [0.4, 0.5) is 0 Å². The lowest BCUT2D eigenvalue weighted by Gasteiger charge is -1.99. The van der Waals surface area contributed by atoms with Gasteiger partial charge in [0, 0.05) is 22.7 Å². The van der Waals surface area contributed by atoms with Gasteiger partial charge in [0.1, 0.15) is 6.26 Å². The number of nitrogens with one attached hydrogen (secondary N) is 1. The second-order valence-electron chi connectivity index (χ2n) is 4.04. The zero-order chi connectivity index (χ0) is 11.8. The first-order valence-corrected chi connectivity index (χ1v) is 5.41. The summed E-state index contributed by atoms with van der Waals surface area (Å²) in [5.74, 6) is -0.0145. The Labute approximate surface area is 98.1 Å². The summed E-state index contributed by atoms with van der Waals surface area (Å²) in [6.07, 6.45) is 4.74. The van der Waals surface area contributed by atoms with Gasteiger partial charge in [-0.2, -0.15) is 0 Å². The molecular formula is C14H11NO2. The van der Waals surface area contributed by atoms with Crippen LogP contribution in [0.15, 0.2) is 47.4 Å². The first kappa shape index (κ1) is 9.90. The van der Waals surface area contributed by atoms with Crippen molar-refractivity contribution in [2.45, 2.75) is 6.92 Å². The molecule has 84 valence electrons. The Morgan fingerprint density at radius 3 is 2.94 bits per heavy atom. The fraction of sp³-hybridized carbons (Fsp3) is 0.0714. The fourth-order valence-corrected chi connectivity index (χ4v) is 2.10. The summed E-state index contributed by atoms with van der Waals surface area (Å²) in [6.45, 7) is 2.00. The average Bonchev–Trinajstić information content (AvgIpc) is 2.98. The number of aromatic nitrogens is 1. The van der Waals surface area contributed by atoms with Crippen LogP contribution >= 0.6 is 0 Å². The highest BCUT2D eigenvalue weighted by Crippen LogP contribution is 2.24. The van der Waals surface area contributed by atoms with Crippen LogP contribution in [0, 0.1) is 6.92 Å². The smallest absolute Gasteiger partial charge is 0.198 e. The topological polar surface area (TPSA) is 46.0 Å². The van der Waals surface area contributed by atoms with E-state index in [-0.39, 0.29) is 5.78 Å². The Morgan fingerprint density at radius 2 is 2.18 bits per heavy atom. The first-order valence-electron chi connectivity index (χ1n) is 5.41. The molecule has 1 aromatic carbocycles. The van der Waals surface area contributed by atoms with E-state index in [0.717, 1.165) is 16.5 Å². The molecule has 3 heteroatoms. The van der Waals surface area contributed by atoms with Crippen molar-refractivity contribution in [3.05, 3.63) is 59.7 Å². The summed E-state index contributed by atoms with van der Waals surface area (Å²) in [5, 5.41) is 0.985. The molecule has 0 radical (unpaired) electrons. The van der Waals surface area contributed by atoms with Crippen LogP contribution in [0.5, 0.6) is 0 Å². The molecule has 3 aromatic rings. The number of aryl methyl sites for hydroxylation is 1. The molecule has 1 N–H and O–H groups in total. The predicted octanol–water partition coefficient (Wildman–Crippen LogP) is 3.30. The highest BCUT2D eigenvalue weighted by Gasteiger charge is 2.15. The van der Waals surface area contributed by atoms with Gasteiger partial charge < -0.3 is 9.40 Å². The van der Waals surface area contributed by atoms with Crippen molar-refractivity contribution in [1.82, 2.24) is 4.98 Å². The molecule has 0 spiro atoms. The van der Waals surface area contributed by atoms with E-state index < -0.39 is 0 Å². The summed E-state index contributed by atoms with van der Waals surface area (Å²) in [6, 6.07) is 7.62. The summed E-state index contributed by atoms with van der Waals surface area (Å²) >= 11 is 0. The lowest BCUT2D eigenvalue weighted by atomic mass is 10.0. The normalized spacial score (nSPS) is 10.9. The van der Waals surface area contributed by atoms with Crippen LogP contribution in [0.25, 0.3) is 10.9 Å². The molecule has 0 saturated carbocycles. The molecule has 0 fully saturated rings. The van der Waals surface area contributed by atoms with Crippen LogP contribution in [0.2, 0.25) is 0 Å². The standard InChI is InChI=1S/C14H11NO2/c1-9-3-2-4-12-13(9)11(7-15-12)14(16)10-5-6-17-8-10/h2-8,15H,1H3. The molecule has 0 aliphatic heterocycles. The highest BCUT2D eigenvalue weighted by molar-refractivity contribution is 6.16. The molecule has 0 saturated heterocycles. The van der Waals surface area contributed by atoms with E-state index >= 15 is 0 Å². The number of carbonyl (C=O) groups excluding carboxylic acids is 1. The largest absolute Gasteiger partial charge is 0.472 e. The maximum atomic E-state index is 12.3. The van der Waals surface area contributed by atoms with Gasteiger partial charge in [-0.25, -0.2) is 0 Å². The molecule has 0 unspecified atom stereocenters. The molecule has 2 aromatic heterocycles. The zero-order valence-corrected chi connectivity index (χ0v) is 9.36. The predicted molar refractivity (Wildman–Crippen MR) is 65.2 cm³/mol. The molecule has 3 rings (SSSR count). The summed E-state index contributed by atoms with van der Waals surface area (Å²) in [4.78, 5) is 15.4. The quantitative estimate of drug-likeness (QED) is 0.680. The second-order valence-corrected chi connectivity index (χ2v) is 4.04. The van der Waals surface area contributed by atoms with Crippen molar-refractivity contribution in [1.29, 1.82) is 0 Å². The maximum Gasteiger partial charge on any atom is 0.198 e. The van der Waals surface area contributed by atoms with Gasteiger partial charge in [-0.3, -0.25) is 4.79 Å². The Kier molecular flexibility index (Phi) is 2.11. The van der Waals surface area contributed by atoms with Crippen LogP contribution in [0.1, 0.15) is 21.5 Å². The Balaban J connectivity index is 2.22. The van der Waals surface area contributed by atoms with E-state index in [9.17, 15) is 4.79 Å². The number of ketones is 1. The minimum absolute atomic E-state index is 0.0145. The molecule has 0 amide bonds. The van der Waals surface area contributed by atoms with E-state index in [4.69, 9.17) is 4.42 Å². The van der Waals surface area contributed by atoms with Gasteiger partial charge in [0.15, 0.2) is 5.78 Å². The third-order valence-electron chi connectivity index (χ3n) is 2.94. The van der Waals surface area contributed by atoms with Gasteiger partial charge in [-0.05, 0) is 24.6 Å². The highest BCUT2D eigenvalue weighted by atomic mass is 16.3. The summed E-state index contributed by atoms with van der Waals surface area (Å²) in [5.41, 5.74) is 3.35. The summed E-state index contributed by atoms with van der Waals surface area (Å²) in [7, 11) is 0. The van der Waals surface area contributed by atoms with Crippen molar-refractivity contribution < 1.29 is 9.21 Å². The first-order chi connectivity index (χ1) is 8.27. The SMILES string of the molecule is Cc1cccc2[nH]cc(C(=O)c3ccoc3)c12. The molecule has 0 aliphatic carbocycles. The van der Waals surface area contributed by atoms with Gasteiger partial charge in [0.05, 0.1) is 11.8 Å². The molecule has 0 aliphatic rings. The van der Waals surface area contributed by atoms with E-state index in [1.807, 2.05) is 25.1 Å². The number of carbonyl (C=O) groups is 1. The Morgan fingerprint density at radius 1 is 1.29 bits per heavy atom. The number of hydrogen-bond acceptors (Lipinski definition) is 2. The molecule has 0 atom stereocenters. The van der Waals surface area contributed by atoms with Crippen molar-refractivity contribution in [3.63, 3.8) is 0 Å². The zero-order valence-electron chi connectivity index (χ0n) is 9.36. The lowest BCUT2D eigenvalue weighted by molar-refractivity contribution is 0.103. The average molecular weight is 225 g/mol. The van der Waals surface area contributed by atoms with Crippen molar-refractivity contribution in [2.75, 3.05) is 0 Å². The fourth-order valence-electron chi connectivity index (χ4n) is 2.10. The number of aromatic amines is 1. The molecule has 2 heterocycles. The third-order valence-corrected chi connectivity index (χ3v) is 2.94. The van der Waals surface area contributed by atoms with E-state index in [1.165, 1.54) is 12.5 Å². The van der Waals surface area contributed by atoms with E-state index in [1.54, 1.807) is 12.3 Å². The van der Waals surface area contributed by atoms with E-state index in [0.29, 0.717) is 11.1 Å². The van der Waals surface area contributed by atoms with Crippen LogP contribution in [0.3, 0.4) is 0 Å². The Bertz CT molecular complexity index is 677. The number of rotatable bonds is 2. The maximum absolute atomic E-state index is 12.3. The minimum atomic E-state index is -0.0145. The lowest BCUT2D eigenvalue weighted by Crippen LogP contribution is -1.98. The molecule has 0 bridgehead atoms. The number of fused-ring (bicyclic) bond motifs is 1. The molecule has 17 heavy (non-hydrogen) atoms.